The molecule has 0 aliphatic carbocycles. The second kappa shape index (κ2) is 5.40. The van der Waals surface area contributed by atoms with Gasteiger partial charge < -0.3 is 9.73 Å². The van der Waals surface area contributed by atoms with Crippen LogP contribution in [-0.2, 0) is 5.41 Å². The lowest BCUT2D eigenvalue weighted by Gasteiger charge is -2.27. The summed E-state index contributed by atoms with van der Waals surface area (Å²) in [6.07, 6.45) is 1.72. The SMILES string of the molecule is CC(NCC(C)(C)c1ccccc1)c1ccco1. The first-order chi connectivity index (χ1) is 8.59. The Bertz CT molecular complexity index is 459. The van der Waals surface area contributed by atoms with Gasteiger partial charge in [0.25, 0.3) is 0 Å². The Morgan fingerprint density at radius 1 is 1.11 bits per heavy atom. The lowest BCUT2D eigenvalue weighted by atomic mass is 9.84. The van der Waals surface area contributed by atoms with E-state index in [0.717, 1.165) is 12.3 Å². The maximum atomic E-state index is 5.40. The van der Waals surface area contributed by atoms with Crippen LogP contribution in [0.25, 0.3) is 0 Å². The van der Waals surface area contributed by atoms with E-state index in [-0.39, 0.29) is 11.5 Å². The topological polar surface area (TPSA) is 25.2 Å². The van der Waals surface area contributed by atoms with E-state index < -0.39 is 0 Å². The van der Waals surface area contributed by atoms with Gasteiger partial charge in [0.1, 0.15) is 5.76 Å². The highest BCUT2D eigenvalue weighted by molar-refractivity contribution is 5.24. The van der Waals surface area contributed by atoms with Crippen molar-refractivity contribution in [3.8, 4) is 0 Å². The minimum Gasteiger partial charge on any atom is -0.468 e. The highest BCUT2D eigenvalue weighted by Crippen LogP contribution is 2.23. The Morgan fingerprint density at radius 2 is 1.83 bits per heavy atom. The van der Waals surface area contributed by atoms with Gasteiger partial charge in [0.15, 0.2) is 0 Å². The molecule has 1 heterocycles. The van der Waals surface area contributed by atoms with Crippen LogP contribution in [-0.4, -0.2) is 6.54 Å². The van der Waals surface area contributed by atoms with Gasteiger partial charge in [0.2, 0.25) is 0 Å². The van der Waals surface area contributed by atoms with Crippen molar-refractivity contribution in [2.45, 2.75) is 32.2 Å². The fraction of sp³-hybridized carbons (Fsp3) is 0.375. The third-order valence-corrected chi connectivity index (χ3v) is 3.38. The number of rotatable bonds is 5. The Morgan fingerprint density at radius 3 is 2.44 bits per heavy atom. The Kier molecular flexibility index (Phi) is 3.87. The van der Waals surface area contributed by atoms with Crippen LogP contribution in [0.5, 0.6) is 0 Å². The smallest absolute Gasteiger partial charge is 0.120 e. The first-order valence-electron chi connectivity index (χ1n) is 6.42. The maximum absolute atomic E-state index is 5.40. The first kappa shape index (κ1) is 12.9. The third-order valence-electron chi connectivity index (χ3n) is 3.38. The molecule has 1 aromatic heterocycles. The molecule has 0 bridgehead atoms. The lowest BCUT2D eigenvalue weighted by Crippen LogP contribution is -2.34. The van der Waals surface area contributed by atoms with Crippen LogP contribution in [0.4, 0.5) is 0 Å². The summed E-state index contributed by atoms with van der Waals surface area (Å²) in [4.78, 5) is 0. The highest BCUT2D eigenvalue weighted by Gasteiger charge is 2.21. The van der Waals surface area contributed by atoms with Gasteiger partial charge in [0, 0.05) is 12.0 Å². The van der Waals surface area contributed by atoms with Gasteiger partial charge in [-0.15, -0.1) is 0 Å². The molecular formula is C16H21NO. The summed E-state index contributed by atoms with van der Waals surface area (Å²) >= 11 is 0. The average molecular weight is 243 g/mol. The van der Waals surface area contributed by atoms with E-state index in [9.17, 15) is 0 Å². The van der Waals surface area contributed by atoms with Crippen LogP contribution in [0.3, 0.4) is 0 Å². The second-order valence-corrected chi connectivity index (χ2v) is 5.37. The monoisotopic (exact) mass is 243 g/mol. The Balaban J connectivity index is 1.97. The molecule has 2 aromatic rings. The van der Waals surface area contributed by atoms with E-state index >= 15 is 0 Å². The normalized spacial score (nSPS) is 13.5. The van der Waals surface area contributed by atoms with Gasteiger partial charge in [-0.3, -0.25) is 0 Å². The van der Waals surface area contributed by atoms with E-state index in [4.69, 9.17) is 4.42 Å². The molecule has 18 heavy (non-hydrogen) atoms. The predicted molar refractivity (Wildman–Crippen MR) is 74.6 cm³/mol. The van der Waals surface area contributed by atoms with Crippen LogP contribution in [0.2, 0.25) is 0 Å². The van der Waals surface area contributed by atoms with Gasteiger partial charge in [-0.05, 0) is 24.6 Å². The van der Waals surface area contributed by atoms with Crippen molar-refractivity contribution in [1.29, 1.82) is 0 Å². The first-order valence-corrected chi connectivity index (χ1v) is 6.42. The minimum absolute atomic E-state index is 0.113. The van der Waals surface area contributed by atoms with E-state index in [1.54, 1.807) is 6.26 Å². The molecule has 0 saturated heterocycles. The van der Waals surface area contributed by atoms with Crippen LogP contribution >= 0.6 is 0 Å². The van der Waals surface area contributed by atoms with Crippen molar-refractivity contribution in [3.05, 3.63) is 60.1 Å². The second-order valence-electron chi connectivity index (χ2n) is 5.37. The fourth-order valence-electron chi connectivity index (χ4n) is 2.04. The third kappa shape index (κ3) is 3.02. The van der Waals surface area contributed by atoms with E-state index in [2.05, 4.69) is 56.4 Å². The van der Waals surface area contributed by atoms with Crippen molar-refractivity contribution < 1.29 is 4.42 Å². The minimum atomic E-state index is 0.113. The molecule has 1 unspecified atom stereocenters. The number of furan rings is 1. The molecular weight excluding hydrogens is 222 g/mol. The molecule has 0 spiro atoms. The van der Waals surface area contributed by atoms with Crippen molar-refractivity contribution in [3.63, 3.8) is 0 Å². The van der Waals surface area contributed by atoms with Gasteiger partial charge in [-0.25, -0.2) is 0 Å². The van der Waals surface area contributed by atoms with Crippen molar-refractivity contribution in [2.24, 2.45) is 0 Å². The van der Waals surface area contributed by atoms with Crippen LogP contribution < -0.4 is 5.32 Å². The molecule has 2 rings (SSSR count). The summed E-state index contributed by atoms with van der Waals surface area (Å²) in [5.41, 5.74) is 1.46. The predicted octanol–water partition coefficient (Wildman–Crippen LogP) is 3.91. The zero-order valence-corrected chi connectivity index (χ0v) is 11.3. The Labute approximate surface area is 109 Å². The zero-order chi connectivity index (χ0) is 13.0. The van der Waals surface area contributed by atoms with Crippen molar-refractivity contribution >= 4 is 0 Å². The van der Waals surface area contributed by atoms with Gasteiger partial charge in [0.05, 0.1) is 12.3 Å². The van der Waals surface area contributed by atoms with Crippen molar-refractivity contribution in [1.82, 2.24) is 5.32 Å². The quantitative estimate of drug-likeness (QED) is 0.861. The molecule has 2 nitrogen and oxygen atoms in total. The fourth-order valence-corrected chi connectivity index (χ4v) is 2.04. The number of nitrogens with one attached hydrogen (secondary N) is 1. The van der Waals surface area contributed by atoms with E-state index in [1.807, 2.05) is 12.1 Å². The average Bonchev–Trinajstić information content (AvgIpc) is 2.91. The van der Waals surface area contributed by atoms with Crippen LogP contribution in [0.15, 0.2) is 53.1 Å². The summed E-state index contributed by atoms with van der Waals surface area (Å²) in [7, 11) is 0. The molecule has 0 aliphatic rings. The summed E-state index contributed by atoms with van der Waals surface area (Å²) in [6, 6.07) is 14.8. The summed E-state index contributed by atoms with van der Waals surface area (Å²) in [6.45, 7) is 7.55. The molecule has 0 saturated carbocycles. The van der Waals surface area contributed by atoms with Gasteiger partial charge in [-0.1, -0.05) is 44.2 Å². The van der Waals surface area contributed by atoms with Gasteiger partial charge >= 0.3 is 0 Å². The summed E-state index contributed by atoms with van der Waals surface area (Å²) in [5, 5.41) is 3.53. The number of benzene rings is 1. The zero-order valence-electron chi connectivity index (χ0n) is 11.3. The van der Waals surface area contributed by atoms with E-state index in [0.29, 0.717) is 0 Å². The lowest BCUT2D eigenvalue weighted by molar-refractivity contribution is 0.387. The number of hydrogen-bond donors (Lipinski definition) is 1. The molecule has 1 aromatic carbocycles. The molecule has 0 radical (unpaired) electrons. The summed E-state index contributed by atoms with van der Waals surface area (Å²) < 4.78 is 5.40. The van der Waals surface area contributed by atoms with Crippen LogP contribution in [0, 0.1) is 0 Å². The molecule has 2 heteroatoms. The van der Waals surface area contributed by atoms with Crippen LogP contribution in [0.1, 0.15) is 38.1 Å². The molecule has 0 fully saturated rings. The molecule has 96 valence electrons. The maximum Gasteiger partial charge on any atom is 0.120 e. The molecule has 0 aliphatic heterocycles. The summed E-state index contributed by atoms with van der Waals surface area (Å²) in [5.74, 6) is 0.985. The number of hydrogen-bond acceptors (Lipinski definition) is 2. The highest BCUT2D eigenvalue weighted by atomic mass is 16.3. The van der Waals surface area contributed by atoms with Gasteiger partial charge in [-0.2, -0.15) is 0 Å². The Hall–Kier alpha value is -1.54. The molecule has 1 atom stereocenters. The standard InChI is InChI=1S/C16H21NO/c1-13(15-10-7-11-18-15)17-12-16(2,3)14-8-5-4-6-9-14/h4-11,13,17H,12H2,1-3H3. The molecule has 0 amide bonds. The van der Waals surface area contributed by atoms with E-state index in [1.165, 1.54) is 5.56 Å². The largest absolute Gasteiger partial charge is 0.468 e. The van der Waals surface area contributed by atoms with Crippen molar-refractivity contribution in [2.75, 3.05) is 6.54 Å². The molecule has 1 N–H and O–H groups in total.